The number of thioether (sulfide) groups is 1. The zero-order valence-corrected chi connectivity index (χ0v) is 7.66. The second kappa shape index (κ2) is 4.63. The van der Waals surface area contributed by atoms with Crippen LogP contribution in [0.5, 0.6) is 0 Å². The van der Waals surface area contributed by atoms with Crippen LogP contribution in [0.3, 0.4) is 0 Å². The molecule has 2 unspecified atom stereocenters. The Morgan fingerprint density at radius 1 is 1.64 bits per heavy atom. The average molecular weight is 170 g/mol. The van der Waals surface area contributed by atoms with Crippen molar-refractivity contribution in [3.63, 3.8) is 0 Å². The third-order valence-electron chi connectivity index (χ3n) is 2.20. The second-order valence-electron chi connectivity index (χ2n) is 2.85. The van der Waals surface area contributed by atoms with Crippen molar-refractivity contribution < 1.29 is 0 Å². The number of nitrogens with zero attached hydrogens (tertiary/aromatic N) is 1. The van der Waals surface area contributed by atoms with E-state index in [4.69, 9.17) is 5.26 Å². The van der Waals surface area contributed by atoms with Gasteiger partial charge in [-0.15, -0.1) is 0 Å². The highest BCUT2D eigenvalue weighted by atomic mass is 32.2. The molecule has 0 heterocycles. The lowest BCUT2D eigenvalue weighted by Gasteiger charge is -2.16. The van der Waals surface area contributed by atoms with Crippen LogP contribution in [0, 0.1) is 11.3 Å². The van der Waals surface area contributed by atoms with Crippen LogP contribution in [-0.2, 0) is 0 Å². The first kappa shape index (κ1) is 8.89. The van der Waals surface area contributed by atoms with Gasteiger partial charge in [-0.1, -0.05) is 6.42 Å². The first-order valence-corrected chi connectivity index (χ1v) is 5.30. The summed E-state index contributed by atoms with van der Waals surface area (Å²) in [5.74, 6) is 0. The summed E-state index contributed by atoms with van der Waals surface area (Å²) >= 11 is 1.92. The number of nitrogens with one attached hydrogen (secondary N) is 1. The van der Waals surface area contributed by atoms with E-state index in [0.29, 0.717) is 12.6 Å². The summed E-state index contributed by atoms with van der Waals surface area (Å²) in [6.07, 6.45) is 6.02. The lowest BCUT2D eigenvalue weighted by molar-refractivity contribution is 0.568. The van der Waals surface area contributed by atoms with Gasteiger partial charge in [-0.3, -0.25) is 0 Å². The van der Waals surface area contributed by atoms with Gasteiger partial charge in [0.2, 0.25) is 0 Å². The molecule has 0 saturated heterocycles. The highest BCUT2D eigenvalue weighted by Gasteiger charge is 2.25. The molecule has 2 nitrogen and oxygen atoms in total. The molecule has 0 bridgehead atoms. The molecule has 1 N–H and O–H groups in total. The monoisotopic (exact) mass is 170 g/mol. The Morgan fingerprint density at radius 3 is 3.09 bits per heavy atom. The van der Waals surface area contributed by atoms with Crippen molar-refractivity contribution in [3.8, 4) is 6.07 Å². The zero-order chi connectivity index (χ0) is 8.10. The van der Waals surface area contributed by atoms with E-state index in [-0.39, 0.29) is 0 Å². The average Bonchev–Trinajstić information content (AvgIpc) is 2.47. The van der Waals surface area contributed by atoms with Gasteiger partial charge in [-0.05, 0) is 19.1 Å². The smallest absolute Gasteiger partial charge is 0.0843 e. The minimum atomic E-state index is 0.502. The molecular weight excluding hydrogens is 156 g/mol. The molecular formula is C8H14N2S. The number of hydrogen-bond donors (Lipinski definition) is 1. The summed E-state index contributed by atoms with van der Waals surface area (Å²) in [4.78, 5) is 0. The topological polar surface area (TPSA) is 35.8 Å². The quantitative estimate of drug-likeness (QED) is 0.650. The van der Waals surface area contributed by atoms with E-state index in [9.17, 15) is 0 Å². The van der Waals surface area contributed by atoms with Crippen LogP contribution in [0.15, 0.2) is 0 Å². The van der Waals surface area contributed by atoms with Crippen molar-refractivity contribution in [2.75, 3.05) is 12.8 Å². The van der Waals surface area contributed by atoms with Gasteiger partial charge in [0.15, 0.2) is 0 Å². The van der Waals surface area contributed by atoms with Crippen LogP contribution in [0.25, 0.3) is 0 Å². The summed E-state index contributed by atoms with van der Waals surface area (Å²) < 4.78 is 0. The normalized spacial score (nSPS) is 30.2. The SMILES string of the molecule is CSC1CCCC1NCC#N. The fourth-order valence-electron chi connectivity index (χ4n) is 1.62. The lowest BCUT2D eigenvalue weighted by Crippen LogP contribution is -2.34. The molecule has 2 atom stereocenters. The number of nitriles is 1. The molecule has 11 heavy (non-hydrogen) atoms. The molecule has 0 radical (unpaired) electrons. The maximum atomic E-state index is 8.37. The van der Waals surface area contributed by atoms with Crippen LogP contribution in [-0.4, -0.2) is 24.1 Å². The van der Waals surface area contributed by atoms with Crippen LogP contribution in [0.1, 0.15) is 19.3 Å². The molecule has 1 saturated carbocycles. The predicted molar refractivity (Wildman–Crippen MR) is 48.6 cm³/mol. The van der Waals surface area contributed by atoms with Gasteiger partial charge in [0.1, 0.15) is 0 Å². The number of rotatable bonds is 3. The molecule has 0 aromatic heterocycles. The Balaban J connectivity index is 2.27. The van der Waals surface area contributed by atoms with Crippen molar-refractivity contribution in [1.82, 2.24) is 5.32 Å². The van der Waals surface area contributed by atoms with E-state index >= 15 is 0 Å². The molecule has 0 aromatic carbocycles. The highest BCUT2D eigenvalue weighted by Crippen LogP contribution is 2.27. The van der Waals surface area contributed by atoms with Gasteiger partial charge in [-0.25, -0.2) is 0 Å². The lowest BCUT2D eigenvalue weighted by atomic mass is 10.2. The Bertz CT molecular complexity index is 153. The van der Waals surface area contributed by atoms with Gasteiger partial charge in [0, 0.05) is 11.3 Å². The summed E-state index contributed by atoms with van der Waals surface area (Å²) in [5, 5.41) is 12.4. The largest absolute Gasteiger partial charge is 0.301 e. The van der Waals surface area contributed by atoms with E-state index in [1.165, 1.54) is 19.3 Å². The van der Waals surface area contributed by atoms with Crippen molar-refractivity contribution in [2.24, 2.45) is 0 Å². The van der Waals surface area contributed by atoms with Gasteiger partial charge in [0.05, 0.1) is 12.6 Å². The summed E-state index contributed by atoms with van der Waals surface area (Å²) in [6, 6.07) is 2.71. The Labute approximate surface area is 72.4 Å². The summed E-state index contributed by atoms with van der Waals surface area (Å²) in [5.41, 5.74) is 0. The third kappa shape index (κ3) is 2.39. The van der Waals surface area contributed by atoms with Gasteiger partial charge in [0.25, 0.3) is 0 Å². The van der Waals surface area contributed by atoms with Gasteiger partial charge >= 0.3 is 0 Å². The van der Waals surface area contributed by atoms with Gasteiger partial charge < -0.3 is 5.32 Å². The predicted octanol–water partition coefficient (Wildman–Crippen LogP) is 1.38. The first-order valence-electron chi connectivity index (χ1n) is 4.01. The second-order valence-corrected chi connectivity index (χ2v) is 3.93. The Morgan fingerprint density at radius 2 is 2.45 bits per heavy atom. The van der Waals surface area contributed by atoms with E-state index in [2.05, 4.69) is 17.6 Å². The molecule has 1 aliphatic carbocycles. The van der Waals surface area contributed by atoms with E-state index in [0.717, 1.165) is 5.25 Å². The molecule has 0 amide bonds. The van der Waals surface area contributed by atoms with E-state index in [1.807, 2.05) is 11.8 Å². The van der Waals surface area contributed by atoms with Crippen molar-refractivity contribution in [1.29, 1.82) is 5.26 Å². The molecule has 1 rings (SSSR count). The molecule has 0 aliphatic heterocycles. The Hall–Kier alpha value is -0.200. The van der Waals surface area contributed by atoms with Crippen LogP contribution in [0.4, 0.5) is 0 Å². The van der Waals surface area contributed by atoms with E-state index < -0.39 is 0 Å². The highest BCUT2D eigenvalue weighted by molar-refractivity contribution is 7.99. The minimum absolute atomic E-state index is 0.502. The van der Waals surface area contributed by atoms with Crippen molar-refractivity contribution >= 4 is 11.8 Å². The van der Waals surface area contributed by atoms with Crippen molar-refractivity contribution in [3.05, 3.63) is 0 Å². The standard InChI is InChI=1S/C8H14N2S/c1-11-8-4-2-3-7(8)10-6-5-9/h7-8,10H,2-4,6H2,1H3. The van der Waals surface area contributed by atoms with E-state index in [1.54, 1.807) is 0 Å². The fourth-order valence-corrected chi connectivity index (χ4v) is 2.58. The molecule has 0 aromatic rings. The summed E-state index contributed by atoms with van der Waals surface area (Å²) in [7, 11) is 0. The summed E-state index contributed by atoms with van der Waals surface area (Å²) in [6.45, 7) is 0.502. The van der Waals surface area contributed by atoms with Crippen molar-refractivity contribution in [2.45, 2.75) is 30.6 Å². The third-order valence-corrected chi connectivity index (χ3v) is 3.37. The zero-order valence-electron chi connectivity index (χ0n) is 6.84. The molecule has 1 aliphatic rings. The molecule has 3 heteroatoms. The van der Waals surface area contributed by atoms with Crippen LogP contribution >= 0.6 is 11.8 Å². The molecule has 0 spiro atoms. The minimum Gasteiger partial charge on any atom is -0.301 e. The maximum absolute atomic E-state index is 8.37. The van der Waals surface area contributed by atoms with Crippen LogP contribution in [0.2, 0.25) is 0 Å². The van der Waals surface area contributed by atoms with Crippen LogP contribution < -0.4 is 5.32 Å². The Kier molecular flexibility index (Phi) is 3.74. The first-order chi connectivity index (χ1) is 5.38. The molecule has 62 valence electrons. The van der Waals surface area contributed by atoms with Gasteiger partial charge in [-0.2, -0.15) is 17.0 Å². The molecule has 1 fully saturated rings. The number of hydrogen-bond acceptors (Lipinski definition) is 3. The fraction of sp³-hybridized carbons (Fsp3) is 0.875. The maximum Gasteiger partial charge on any atom is 0.0843 e.